The normalized spacial score (nSPS) is 11.1. The largest absolute Gasteiger partial charge is 0.383 e. The lowest BCUT2D eigenvalue weighted by Gasteiger charge is -2.07. The number of nitrogen functional groups attached to an aromatic ring is 1. The first kappa shape index (κ1) is 10.0. The first-order valence-electron chi connectivity index (χ1n) is 5.71. The van der Waals surface area contributed by atoms with Gasteiger partial charge in [-0.2, -0.15) is 0 Å². The van der Waals surface area contributed by atoms with Crippen molar-refractivity contribution in [3.05, 3.63) is 42.2 Å². The summed E-state index contributed by atoms with van der Waals surface area (Å²) in [5, 5.41) is 3.33. The van der Waals surface area contributed by atoms with Crippen LogP contribution >= 0.6 is 0 Å². The fraction of sp³-hybridized carbons (Fsp3) is 0.143. The second kappa shape index (κ2) is 3.70. The third-order valence-electron chi connectivity index (χ3n) is 3.09. The van der Waals surface area contributed by atoms with Gasteiger partial charge >= 0.3 is 0 Å². The van der Waals surface area contributed by atoms with Crippen molar-refractivity contribution in [2.24, 2.45) is 0 Å². The lowest BCUT2D eigenvalue weighted by molar-refractivity contribution is 1.13. The minimum Gasteiger partial charge on any atom is -0.383 e. The molecule has 0 radical (unpaired) electrons. The molecule has 3 heteroatoms. The summed E-state index contributed by atoms with van der Waals surface area (Å²) in [6.07, 6.45) is 4.54. The van der Waals surface area contributed by atoms with Crippen LogP contribution < -0.4 is 5.73 Å². The maximum atomic E-state index is 5.96. The molecular formula is C14H13N3. The first-order chi connectivity index (χ1) is 8.29. The number of rotatable bonds is 1. The Morgan fingerprint density at radius 3 is 2.82 bits per heavy atom. The van der Waals surface area contributed by atoms with Crippen LogP contribution in [0.3, 0.4) is 0 Å². The molecule has 0 aliphatic heterocycles. The lowest BCUT2D eigenvalue weighted by Crippen LogP contribution is -1.97. The average Bonchev–Trinajstić information content (AvgIpc) is 2.38. The van der Waals surface area contributed by atoms with E-state index in [1.165, 1.54) is 0 Å². The summed E-state index contributed by atoms with van der Waals surface area (Å²) in [6.45, 7) is 2.09. The van der Waals surface area contributed by atoms with Crippen LogP contribution in [0.5, 0.6) is 0 Å². The molecule has 0 aliphatic rings. The molecule has 2 heterocycles. The SMILES string of the molecule is CCc1cc2ccc3cnccc3c2nc1N. The molecular weight excluding hydrogens is 210 g/mol. The van der Waals surface area contributed by atoms with E-state index in [0.717, 1.165) is 33.7 Å². The fourth-order valence-electron chi connectivity index (χ4n) is 2.15. The van der Waals surface area contributed by atoms with Crippen molar-refractivity contribution in [3.63, 3.8) is 0 Å². The molecule has 2 N–H and O–H groups in total. The Labute approximate surface area is 99.3 Å². The predicted molar refractivity (Wildman–Crippen MR) is 70.8 cm³/mol. The zero-order valence-corrected chi connectivity index (χ0v) is 9.64. The summed E-state index contributed by atoms with van der Waals surface area (Å²) in [5.74, 6) is 0.629. The second-order valence-electron chi connectivity index (χ2n) is 4.12. The average molecular weight is 223 g/mol. The second-order valence-corrected chi connectivity index (χ2v) is 4.12. The Hall–Kier alpha value is -2.16. The molecule has 0 saturated heterocycles. The quantitative estimate of drug-likeness (QED) is 0.645. The maximum Gasteiger partial charge on any atom is 0.127 e. The van der Waals surface area contributed by atoms with E-state index in [0.29, 0.717) is 5.82 Å². The number of hydrogen-bond acceptors (Lipinski definition) is 3. The highest BCUT2D eigenvalue weighted by Gasteiger charge is 2.05. The Bertz CT molecular complexity index is 704. The van der Waals surface area contributed by atoms with E-state index >= 15 is 0 Å². The Morgan fingerprint density at radius 1 is 1.18 bits per heavy atom. The van der Waals surface area contributed by atoms with Crippen molar-refractivity contribution < 1.29 is 0 Å². The highest BCUT2D eigenvalue weighted by atomic mass is 14.8. The molecule has 3 nitrogen and oxygen atoms in total. The van der Waals surface area contributed by atoms with E-state index in [2.05, 4.69) is 35.1 Å². The molecule has 3 rings (SSSR count). The number of anilines is 1. The van der Waals surface area contributed by atoms with E-state index in [1.54, 1.807) is 6.20 Å². The number of pyridine rings is 2. The van der Waals surface area contributed by atoms with Gasteiger partial charge in [0.25, 0.3) is 0 Å². The number of hydrogen-bond donors (Lipinski definition) is 1. The van der Waals surface area contributed by atoms with Crippen molar-refractivity contribution in [1.82, 2.24) is 9.97 Å². The maximum absolute atomic E-state index is 5.96. The van der Waals surface area contributed by atoms with Gasteiger partial charge in [-0.25, -0.2) is 4.98 Å². The number of nitrogens with zero attached hydrogens (tertiary/aromatic N) is 2. The summed E-state index contributed by atoms with van der Waals surface area (Å²) in [7, 11) is 0. The van der Waals surface area contributed by atoms with Crippen molar-refractivity contribution in [3.8, 4) is 0 Å². The van der Waals surface area contributed by atoms with Crippen LogP contribution in [0.2, 0.25) is 0 Å². The molecule has 0 unspecified atom stereocenters. The number of aryl methyl sites for hydroxylation is 1. The van der Waals surface area contributed by atoms with Gasteiger partial charge in [0.2, 0.25) is 0 Å². The smallest absolute Gasteiger partial charge is 0.127 e. The van der Waals surface area contributed by atoms with E-state index in [-0.39, 0.29) is 0 Å². The molecule has 0 amide bonds. The molecule has 17 heavy (non-hydrogen) atoms. The van der Waals surface area contributed by atoms with Gasteiger partial charge in [-0.15, -0.1) is 0 Å². The van der Waals surface area contributed by atoms with Crippen LogP contribution in [0.15, 0.2) is 36.7 Å². The monoisotopic (exact) mass is 223 g/mol. The Kier molecular flexibility index (Phi) is 2.18. The Balaban J connectivity index is 2.46. The van der Waals surface area contributed by atoms with E-state index in [9.17, 15) is 0 Å². The van der Waals surface area contributed by atoms with E-state index in [1.807, 2.05) is 12.3 Å². The highest BCUT2D eigenvalue weighted by Crippen LogP contribution is 2.25. The summed E-state index contributed by atoms with van der Waals surface area (Å²) in [6, 6.07) is 8.25. The zero-order valence-electron chi connectivity index (χ0n) is 9.64. The van der Waals surface area contributed by atoms with E-state index in [4.69, 9.17) is 5.73 Å². The summed E-state index contributed by atoms with van der Waals surface area (Å²) in [4.78, 5) is 8.64. The first-order valence-corrected chi connectivity index (χ1v) is 5.71. The number of fused-ring (bicyclic) bond motifs is 3. The minimum atomic E-state index is 0.629. The summed E-state index contributed by atoms with van der Waals surface area (Å²) >= 11 is 0. The topological polar surface area (TPSA) is 51.8 Å². The van der Waals surface area contributed by atoms with Crippen molar-refractivity contribution >= 4 is 27.5 Å². The highest BCUT2D eigenvalue weighted by molar-refractivity contribution is 6.05. The van der Waals surface area contributed by atoms with Gasteiger partial charge in [-0.05, 0) is 24.1 Å². The standard InChI is InChI=1S/C14H13N3/c1-2-9-7-10-3-4-11-8-16-6-5-12(11)13(10)17-14(9)15/h3-8H,2H2,1H3,(H2,15,17). The molecule has 0 bridgehead atoms. The van der Waals surface area contributed by atoms with Gasteiger partial charge in [0.15, 0.2) is 0 Å². The van der Waals surface area contributed by atoms with Gasteiger partial charge in [0, 0.05) is 28.6 Å². The Morgan fingerprint density at radius 2 is 2.00 bits per heavy atom. The third-order valence-corrected chi connectivity index (χ3v) is 3.09. The number of nitrogens with two attached hydrogens (primary N) is 1. The zero-order chi connectivity index (χ0) is 11.8. The lowest BCUT2D eigenvalue weighted by atomic mass is 10.1. The van der Waals surface area contributed by atoms with Crippen LogP contribution in [0.4, 0.5) is 5.82 Å². The summed E-state index contributed by atoms with van der Waals surface area (Å²) < 4.78 is 0. The molecule has 0 spiro atoms. The number of benzene rings is 1. The molecule has 1 aromatic carbocycles. The molecule has 0 atom stereocenters. The van der Waals surface area contributed by atoms with Crippen LogP contribution in [0.25, 0.3) is 21.7 Å². The van der Waals surface area contributed by atoms with Crippen LogP contribution in [-0.2, 0) is 6.42 Å². The fourth-order valence-corrected chi connectivity index (χ4v) is 2.15. The third kappa shape index (κ3) is 1.51. The van der Waals surface area contributed by atoms with Gasteiger partial charge in [-0.3, -0.25) is 4.98 Å². The number of aromatic nitrogens is 2. The van der Waals surface area contributed by atoms with Gasteiger partial charge in [-0.1, -0.05) is 19.1 Å². The van der Waals surface area contributed by atoms with Crippen molar-refractivity contribution in [2.45, 2.75) is 13.3 Å². The molecule has 0 saturated carbocycles. The minimum absolute atomic E-state index is 0.629. The summed E-state index contributed by atoms with van der Waals surface area (Å²) in [5.41, 5.74) is 8.02. The predicted octanol–water partition coefficient (Wildman–Crippen LogP) is 2.93. The van der Waals surface area contributed by atoms with Gasteiger partial charge < -0.3 is 5.73 Å². The van der Waals surface area contributed by atoms with Gasteiger partial charge in [0.1, 0.15) is 5.82 Å². The van der Waals surface area contributed by atoms with Gasteiger partial charge in [0.05, 0.1) is 5.52 Å². The van der Waals surface area contributed by atoms with Crippen LogP contribution in [0, 0.1) is 0 Å². The van der Waals surface area contributed by atoms with Crippen molar-refractivity contribution in [1.29, 1.82) is 0 Å². The molecule has 0 aliphatic carbocycles. The molecule has 84 valence electrons. The van der Waals surface area contributed by atoms with Crippen LogP contribution in [-0.4, -0.2) is 9.97 Å². The van der Waals surface area contributed by atoms with Crippen molar-refractivity contribution in [2.75, 3.05) is 5.73 Å². The molecule has 0 fully saturated rings. The van der Waals surface area contributed by atoms with Crippen LogP contribution in [0.1, 0.15) is 12.5 Å². The molecule has 2 aromatic heterocycles. The molecule has 3 aromatic rings. The van der Waals surface area contributed by atoms with E-state index < -0.39 is 0 Å².